The number of aryl methyl sites for hydroxylation is 1. The van der Waals surface area contributed by atoms with Crippen molar-refractivity contribution in [1.29, 1.82) is 0 Å². The van der Waals surface area contributed by atoms with Crippen LogP contribution in [0.2, 0.25) is 0 Å². The van der Waals surface area contributed by atoms with Crippen molar-refractivity contribution < 1.29 is 0 Å². The van der Waals surface area contributed by atoms with E-state index >= 15 is 0 Å². The highest BCUT2D eigenvalue weighted by Crippen LogP contribution is 2.31. The number of hydrogen-bond acceptors (Lipinski definition) is 3. The van der Waals surface area contributed by atoms with Crippen LogP contribution in [0.4, 0.5) is 0 Å². The average Bonchev–Trinajstić information content (AvgIpc) is 3.01. The Morgan fingerprint density at radius 2 is 2.28 bits per heavy atom. The minimum atomic E-state index is 0.399. The first kappa shape index (κ1) is 13.9. The molecule has 1 atom stereocenters. The molecule has 1 N–H and O–H groups in total. The zero-order valence-corrected chi connectivity index (χ0v) is 12.4. The Morgan fingerprint density at radius 3 is 2.89 bits per heavy atom. The number of rotatable bonds is 7. The quantitative estimate of drug-likeness (QED) is 0.823. The van der Waals surface area contributed by atoms with Crippen molar-refractivity contribution in [2.45, 2.75) is 50.3 Å². The van der Waals surface area contributed by atoms with Crippen LogP contribution in [-0.4, -0.2) is 27.1 Å². The summed E-state index contributed by atoms with van der Waals surface area (Å²) in [4.78, 5) is 4.50. The summed E-state index contributed by atoms with van der Waals surface area (Å²) in [7, 11) is 2.09. The fraction of sp³-hybridized carbons (Fsp3) is 0.786. The van der Waals surface area contributed by atoms with Gasteiger partial charge in [-0.05, 0) is 25.8 Å². The summed E-state index contributed by atoms with van der Waals surface area (Å²) in [6, 6.07) is 0.399. The first-order valence-corrected chi connectivity index (χ1v) is 8.18. The van der Waals surface area contributed by atoms with Gasteiger partial charge in [0, 0.05) is 30.4 Å². The van der Waals surface area contributed by atoms with Crippen LogP contribution >= 0.6 is 11.8 Å². The van der Waals surface area contributed by atoms with E-state index in [4.69, 9.17) is 0 Å². The van der Waals surface area contributed by atoms with Gasteiger partial charge in [-0.25, -0.2) is 4.98 Å². The molecule has 0 aliphatic heterocycles. The minimum Gasteiger partial charge on any atom is -0.337 e. The van der Waals surface area contributed by atoms with E-state index in [1.54, 1.807) is 0 Å². The first-order valence-electron chi connectivity index (χ1n) is 7.13. The number of nitrogens with zero attached hydrogens (tertiary/aromatic N) is 2. The van der Waals surface area contributed by atoms with E-state index in [2.05, 4.69) is 40.6 Å². The number of aromatic nitrogens is 2. The lowest BCUT2D eigenvalue weighted by Gasteiger charge is -2.19. The van der Waals surface area contributed by atoms with E-state index in [0.717, 1.165) is 17.5 Å². The summed E-state index contributed by atoms with van der Waals surface area (Å²) in [6.45, 7) is 3.29. The van der Waals surface area contributed by atoms with Crippen LogP contribution in [0.5, 0.6) is 0 Å². The van der Waals surface area contributed by atoms with Gasteiger partial charge in [0.15, 0.2) is 0 Å². The van der Waals surface area contributed by atoms with Crippen molar-refractivity contribution in [3.63, 3.8) is 0 Å². The second-order valence-corrected chi connectivity index (χ2v) is 6.48. The highest BCUT2D eigenvalue weighted by molar-refractivity contribution is 7.99. The highest BCUT2D eigenvalue weighted by Gasteiger charge is 2.20. The molecule has 2 rings (SSSR count). The Morgan fingerprint density at radius 1 is 1.50 bits per heavy atom. The molecule has 3 nitrogen and oxygen atoms in total. The Hall–Kier alpha value is -0.480. The first-order chi connectivity index (χ1) is 8.81. The molecular formula is C14H25N3S. The zero-order chi connectivity index (χ0) is 12.8. The molecule has 0 spiro atoms. The molecule has 0 bridgehead atoms. The van der Waals surface area contributed by atoms with Gasteiger partial charge in [0.1, 0.15) is 5.82 Å². The Kier molecular flexibility index (Phi) is 5.57. The zero-order valence-electron chi connectivity index (χ0n) is 11.6. The standard InChI is InChI=1S/C14H25N3S/c1-3-8-15-13(14-16-9-10-17(14)2)11-18-12-6-4-5-7-12/h9-10,12-13,15H,3-8,11H2,1-2H3. The summed E-state index contributed by atoms with van der Waals surface area (Å²) in [5.41, 5.74) is 0. The molecule has 0 aromatic carbocycles. The molecule has 1 aromatic rings. The summed E-state index contributed by atoms with van der Waals surface area (Å²) in [5.74, 6) is 2.32. The van der Waals surface area contributed by atoms with E-state index in [1.807, 2.05) is 12.4 Å². The van der Waals surface area contributed by atoms with Crippen LogP contribution in [0.25, 0.3) is 0 Å². The van der Waals surface area contributed by atoms with Crippen LogP contribution in [-0.2, 0) is 7.05 Å². The van der Waals surface area contributed by atoms with E-state index in [0.29, 0.717) is 6.04 Å². The molecule has 1 heterocycles. The predicted octanol–water partition coefficient (Wildman–Crippen LogP) is 3.14. The smallest absolute Gasteiger partial charge is 0.126 e. The largest absolute Gasteiger partial charge is 0.337 e. The maximum atomic E-state index is 4.50. The average molecular weight is 267 g/mol. The van der Waals surface area contributed by atoms with E-state index < -0.39 is 0 Å². The van der Waals surface area contributed by atoms with Gasteiger partial charge in [0.2, 0.25) is 0 Å². The van der Waals surface area contributed by atoms with Crippen molar-refractivity contribution in [3.05, 3.63) is 18.2 Å². The Labute approximate surface area is 115 Å². The molecule has 0 amide bonds. The summed E-state index contributed by atoms with van der Waals surface area (Å²) in [6.07, 6.45) is 10.8. The number of nitrogens with one attached hydrogen (secondary N) is 1. The summed E-state index contributed by atoms with van der Waals surface area (Å²) < 4.78 is 2.14. The normalized spacial score (nSPS) is 18.3. The summed E-state index contributed by atoms with van der Waals surface area (Å²) in [5, 5.41) is 4.52. The van der Waals surface area contributed by atoms with Gasteiger partial charge < -0.3 is 9.88 Å². The van der Waals surface area contributed by atoms with Gasteiger partial charge in [-0.2, -0.15) is 11.8 Å². The van der Waals surface area contributed by atoms with Gasteiger partial charge in [-0.15, -0.1) is 0 Å². The van der Waals surface area contributed by atoms with Gasteiger partial charge in [0.05, 0.1) is 6.04 Å². The molecule has 1 unspecified atom stereocenters. The monoisotopic (exact) mass is 267 g/mol. The molecule has 0 saturated heterocycles. The van der Waals surface area contributed by atoms with E-state index in [1.165, 1.54) is 37.9 Å². The van der Waals surface area contributed by atoms with Gasteiger partial charge in [-0.1, -0.05) is 19.8 Å². The third kappa shape index (κ3) is 3.75. The molecule has 0 radical (unpaired) electrons. The van der Waals surface area contributed by atoms with Gasteiger partial charge in [-0.3, -0.25) is 0 Å². The lowest BCUT2D eigenvalue weighted by Crippen LogP contribution is -2.27. The van der Waals surface area contributed by atoms with Crippen molar-refractivity contribution in [2.75, 3.05) is 12.3 Å². The Balaban J connectivity index is 1.90. The Bertz CT molecular complexity index is 345. The van der Waals surface area contributed by atoms with Crippen molar-refractivity contribution in [1.82, 2.24) is 14.9 Å². The minimum absolute atomic E-state index is 0.399. The van der Waals surface area contributed by atoms with Crippen LogP contribution in [0, 0.1) is 0 Å². The van der Waals surface area contributed by atoms with Crippen LogP contribution < -0.4 is 5.32 Å². The molecule has 18 heavy (non-hydrogen) atoms. The topological polar surface area (TPSA) is 29.9 Å². The molecule has 1 fully saturated rings. The van der Waals surface area contributed by atoms with Crippen LogP contribution in [0.1, 0.15) is 50.9 Å². The lowest BCUT2D eigenvalue weighted by molar-refractivity contribution is 0.535. The summed E-state index contributed by atoms with van der Waals surface area (Å²) >= 11 is 2.13. The highest BCUT2D eigenvalue weighted by atomic mass is 32.2. The fourth-order valence-electron chi connectivity index (χ4n) is 2.54. The number of imidazole rings is 1. The van der Waals surface area contributed by atoms with Crippen LogP contribution in [0.3, 0.4) is 0 Å². The molecule has 1 aromatic heterocycles. The SMILES string of the molecule is CCCNC(CSC1CCCC1)c1nccn1C. The number of thioether (sulfide) groups is 1. The molecule has 4 heteroatoms. The third-order valence-electron chi connectivity index (χ3n) is 3.61. The molecule has 1 aliphatic rings. The third-order valence-corrected chi connectivity index (χ3v) is 5.08. The fourth-order valence-corrected chi connectivity index (χ4v) is 3.94. The lowest BCUT2D eigenvalue weighted by atomic mass is 10.3. The maximum Gasteiger partial charge on any atom is 0.126 e. The van der Waals surface area contributed by atoms with Gasteiger partial charge >= 0.3 is 0 Å². The van der Waals surface area contributed by atoms with Crippen LogP contribution in [0.15, 0.2) is 12.4 Å². The molecule has 1 saturated carbocycles. The van der Waals surface area contributed by atoms with Gasteiger partial charge in [0.25, 0.3) is 0 Å². The molecule has 102 valence electrons. The second-order valence-electron chi connectivity index (χ2n) is 5.14. The van der Waals surface area contributed by atoms with E-state index in [-0.39, 0.29) is 0 Å². The van der Waals surface area contributed by atoms with Crippen molar-refractivity contribution in [3.8, 4) is 0 Å². The van der Waals surface area contributed by atoms with Crippen molar-refractivity contribution in [2.24, 2.45) is 7.05 Å². The second kappa shape index (κ2) is 7.19. The van der Waals surface area contributed by atoms with Crippen molar-refractivity contribution >= 4 is 11.8 Å². The molecule has 1 aliphatic carbocycles. The van der Waals surface area contributed by atoms with E-state index in [9.17, 15) is 0 Å². The molecular weight excluding hydrogens is 242 g/mol. The maximum absolute atomic E-state index is 4.50. The number of hydrogen-bond donors (Lipinski definition) is 1. The predicted molar refractivity (Wildman–Crippen MR) is 79.0 cm³/mol.